The molecule has 3 atom stereocenters. The Morgan fingerprint density at radius 1 is 1.20 bits per heavy atom. The third kappa shape index (κ3) is 5.88. The van der Waals surface area contributed by atoms with Gasteiger partial charge in [-0.05, 0) is 51.5 Å². The summed E-state index contributed by atoms with van der Waals surface area (Å²) in [6.07, 6.45) is 5.68. The van der Waals surface area contributed by atoms with Gasteiger partial charge in [-0.1, -0.05) is 41.9 Å². The summed E-state index contributed by atoms with van der Waals surface area (Å²) in [5.74, 6) is -0.218. The van der Waals surface area contributed by atoms with Crippen molar-refractivity contribution in [3.63, 3.8) is 0 Å². The first-order chi connectivity index (χ1) is 19.8. The molecule has 2 aromatic heterocycles. The number of likely N-dealkylation sites (tertiary alicyclic amines) is 1. The van der Waals surface area contributed by atoms with E-state index in [9.17, 15) is 9.59 Å². The van der Waals surface area contributed by atoms with Gasteiger partial charge < -0.3 is 25.3 Å². The summed E-state index contributed by atoms with van der Waals surface area (Å²) < 4.78 is 6.09. The number of hydrogen-bond donors (Lipinski definition) is 3. The minimum Gasteiger partial charge on any atom is -0.370 e. The van der Waals surface area contributed by atoms with Gasteiger partial charge in [0.05, 0.1) is 29.5 Å². The highest BCUT2D eigenvalue weighted by Crippen LogP contribution is 2.36. The molecule has 10 nitrogen and oxygen atoms in total. The zero-order chi connectivity index (χ0) is 28.6. The summed E-state index contributed by atoms with van der Waals surface area (Å²) in [7, 11) is 2.17. The van der Waals surface area contributed by atoms with E-state index in [1.165, 1.54) is 12.3 Å². The van der Waals surface area contributed by atoms with Gasteiger partial charge in [-0.15, -0.1) is 0 Å². The number of aromatic amines is 1. The Morgan fingerprint density at radius 3 is 2.71 bits per heavy atom. The number of piperidine rings is 1. The van der Waals surface area contributed by atoms with Crippen molar-refractivity contribution in [1.29, 1.82) is 0 Å². The molecule has 0 bridgehead atoms. The molecular weight excluding hydrogens is 542 g/mol. The second kappa shape index (κ2) is 11.5. The molecule has 0 saturated carbocycles. The van der Waals surface area contributed by atoms with Crippen molar-refractivity contribution < 1.29 is 14.3 Å². The minimum absolute atomic E-state index is 0.0296. The Kier molecular flexibility index (Phi) is 7.82. The molecule has 216 valence electrons. The lowest BCUT2D eigenvalue weighted by atomic mass is 9.91. The zero-order valence-electron chi connectivity index (χ0n) is 23.4. The summed E-state index contributed by atoms with van der Waals surface area (Å²) in [6, 6.07) is 11.3. The molecule has 3 aliphatic heterocycles. The molecule has 3 N–H and O–H groups in total. The molecule has 5 heterocycles. The van der Waals surface area contributed by atoms with Crippen molar-refractivity contribution in [2.24, 2.45) is 0 Å². The second-order valence-corrected chi connectivity index (χ2v) is 12.0. The Labute approximate surface area is 244 Å². The SMILES string of the molecule is C[C@H](NC(=O)[C@]1(NC(=O)c2cc(Cl)c[nH]2)CO[C@H](c2ccccc2)C1)c1ncc2c(n1)CN(C1CCN(C)CC1)C2. The summed E-state index contributed by atoms with van der Waals surface area (Å²) in [4.78, 5) is 44.3. The third-order valence-electron chi connectivity index (χ3n) is 8.55. The maximum atomic E-state index is 13.9. The molecule has 41 heavy (non-hydrogen) atoms. The largest absolute Gasteiger partial charge is 0.370 e. The predicted octanol–water partition coefficient (Wildman–Crippen LogP) is 3.38. The first-order valence-electron chi connectivity index (χ1n) is 14.2. The smallest absolute Gasteiger partial charge is 0.268 e. The van der Waals surface area contributed by atoms with E-state index in [2.05, 4.69) is 37.4 Å². The van der Waals surface area contributed by atoms with E-state index in [1.807, 2.05) is 43.5 Å². The zero-order valence-corrected chi connectivity index (χ0v) is 24.2. The van der Waals surface area contributed by atoms with Crippen molar-refractivity contribution in [2.75, 3.05) is 26.7 Å². The highest BCUT2D eigenvalue weighted by molar-refractivity contribution is 6.31. The Morgan fingerprint density at radius 2 is 1.98 bits per heavy atom. The number of carbonyl (C=O) groups excluding carboxylic acids is 2. The van der Waals surface area contributed by atoms with Gasteiger partial charge in [-0.2, -0.15) is 0 Å². The molecule has 11 heteroatoms. The predicted molar refractivity (Wildman–Crippen MR) is 154 cm³/mol. The maximum Gasteiger partial charge on any atom is 0.268 e. The molecule has 6 rings (SSSR count). The van der Waals surface area contributed by atoms with Crippen molar-refractivity contribution in [3.05, 3.63) is 82.2 Å². The van der Waals surface area contributed by atoms with Crippen LogP contribution in [0.3, 0.4) is 0 Å². The molecule has 0 unspecified atom stereocenters. The van der Waals surface area contributed by atoms with Crippen molar-refractivity contribution in [2.45, 2.75) is 63.0 Å². The van der Waals surface area contributed by atoms with Crippen LogP contribution in [0.15, 0.2) is 48.8 Å². The van der Waals surface area contributed by atoms with E-state index >= 15 is 0 Å². The normalized spacial score (nSPS) is 24.2. The molecule has 2 fully saturated rings. The molecule has 0 radical (unpaired) electrons. The van der Waals surface area contributed by atoms with Crippen LogP contribution in [-0.4, -0.2) is 74.9 Å². The van der Waals surface area contributed by atoms with Crippen molar-refractivity contribution >= 4 is 23.4 Å². The van der Waals surface area contributed by atoms with Gasteiger partial charge in [0.2, 0.25) is 5.91 Å². The quantitative estimate of drug-likeness (QED) is 0.394. The maximum absolute atomic E-state index is 13.9. The molecule has 0 aliphatic carbocycles. The van der Waals surface area contributed by atoms with E-state index in [0.717, 1.165) is 55.8 Å². The van der Waals surface area contributed by atoms with E-state index in [-0.39, 0.29) is 30.7 Å². The van der Waals surface area contributed by atoms with E-state index in [4.69, 9.17) is 21.3 Å². The van der Waals surface area contributed by atoms with E-state index < -0.39 is 17.5 Å². The van der Waals surface area contributed by atoms with Gasteiger partial charge in [0.25, 0.3) is 5.91 Å². The van der Waals surface area contributed by atoms with E-state index in [1.54, 1.807) is 0 Å². The molecule has 3 aromatic rings. The van der Waals surface area contributed by atoms with Gasteiger partial charge in [0.15, 0.2) is 5.82 Å². The average Bonchev–Trinajstić information content (AvgIpc) is 3.72. The topological polar surface area (TPSA) is 115 Å². The number of amides is 2. The van der Waals surface area contributed by atoms with Crippen LogP contribution in [0.4, 0.5) is 0 Å². The fourth-order valence-corrected chi connectivity index (χ4v) is 6.23. The number of carbonyl (C=O) groups is 2. The van der Waals surface area contributed by atoms with Gasteiger partial charge in [0, 0.05) is 43.5 Å². The third-order valence-corrected chi connectivity index (χ3v) is 8.77. The van der Waals surface area contributed by atoms with Crippen LogP contribution in [0.5, 0.6) is 0 Å². The van der Waals surface area contributed by atoms with Crippen molar-refractivity contribution in [3.8, 4) is 0 Å². The minimum atomic E-state index is -1.29. The monoisotopic (exact) mass is 577 g/mol. The van der Waals surface area contributed by atoms with Crippen LogP contribution in [0, 0.1) is 0 Å². The van der Waals surface area contributed by atoms with Crippen LogP contribution < -0.4 is 10.6 Å². The number of fused-ring (bicyclic) bond motifs is 1. The fraction of sp³-hybridized carbons (Fsp3) is 0.467. The molecule has 3 aliphatic rings. The van der Waals surface area contributed by atoms with Crippen LogP contribution in [0.2, 0.25) is 5.02 Å². The molecule has 0 spiro atoms. The first-order valence-corrected chi connectivity index (χ1v) is 14.6. The van der Waals surface area contributed by atoms with Crippen LogP contribution in [0.1, 0.15) is 71.5 Å². The Balaban J connectivity index is 1.17. The number of nitrogens with one attached hydrogen (secondary N) is 3. The Bertz CT molecular complexity index is 1410. The summed E-state index contributed by atoms with van der Waals surface area (Å²) in [6.45, 7) is 5.78. The number of rotatable bonds is 7. The van der Waals surface area contributed by atoms with E-state index in [0.29, 0.717) is 16.9 Å². The fourth-order valence-electron chi connectivity index (χ4n) is 6.06. The average molecular weight is 578 g/mol. The number of H-pyrrole nitrogens is 1. The molecule has 1 aromatic carbocycles. The number of hydrogen-bond acceptors (Lipinski definition) is 7. The number of nitrogens with zero attached hydrogens (tertiary/aromatic N) is 4. The number of aromatic nitrogens is 3. The van der Waals surface area contributed by atoms with Crippen LogP contribution in [-0.2, 0) is 22.6 Å². The highest BCUT2D eigenvalue weighted by atomic mass is 35.5. The molecule has 2 saturated heterocycles. The lowest BCUT2D eigenvalue weighted by molar-refractivity contribution is -0.128. The van der Waals surface area contributed by atoms with Crippen LogP contribution in [0.25, 0.3) is 0 Å². The summed E-state index contributed by atoms with van der Waals surface area (Å²) >= 11 is 6.02. The van der Waals surface area contributed by atoms with Gasteiger partial charge >= 0.3 is 0 Å². The Hall–Kier alpha value is -3.31. The van der Waals surface area contributed by atoms with Crippen molar-refractivity contribution in [1.82, 2.24) is 35.4 Å². The van der Waals surface area contributed by atoms with Gasteiger partial charge in [-0.3, -0.25) is 14.5 Å². The lowest BCUT2D eigenvalue weighted by Gasteiger charge is -2.34. The molecular formula is C30H36ClN7O3. The lowest BCUT2D eigenvalue weighted by Crippen LogP contribution is -2.59. The number of benzene rings is 1. The molecule has 2 amide bonds. The van der Waals surface area contributed by atoms with Crippen LogP contribution >= 0.6 is 11.6 Å². The first kappa shape index (κ1) is 27.8. The second-order valence-electron chi connectivity index (χ2n) is 11.5. The van der Waals surface area contributed by atoms with Gasteiger partial charge in [-0.25, -0.2) is 9.97 Å². The number of halogens is 1. The summed E-state index contributed by atoms with van der Waals surface area (Å²) in [5.41, 5.74) is 2.10. The summed E-state index contributed by atoms with van der Waals surface area (Å²) in [5, 5.41) is 6.43. The number of ether oxygens (including phenoxy) is 1. The standard InChI is InChI=1S/C30H36ClN7O3/c1-19(27-33-14-21-16-38(17-25(21)35-27)23-8-10-37(2)11-9-23)34-29(40)30(36-28(39)24-12-22(31)15-32-24)13-26(41-18-30)20-6-4-3-5-7-20/h3-7,12,14-15,19,23,26,32H,8-11,13,16-18H2,1-2H3,(H,34,40)(H,36,39)/t19-,26-,30+/m0/s1. The van der Waals surface area contributed by atoms with Gasteiger partial charge in [0.1, 0.15) is 11.2 Å². The highest BCUT2D eigenvalue weighted by Gasteiger charge is 2.49.